The van der Waals surface area contributed by atoms with Crippen LogP contribution in [0.4, 0.5) is 5.82 Å². The van der Waals surface area contributed by atoms with Crippen LogP contribution < -0.4 is 4.90 Å². The summed E-state index contributed by atoms with van der Waals surface area (Å²) >= 11 is 0. The molecule has 1 aliphatic heterocycles. The molecule has 16 heavy (non-hydrogen) atoms. The van der Waals surface area contributed by atoms with Crippen molar-refractivity contribution < 1.29 is 0 Å². The maximum absolute atomic E-state index is 9.00. The Morgan fingerprint density at radius 3 is 2.81 bits per heavy atom. The number of piperazine rings is 1. The second-order valence-electron chi connectivity index (χ2n) is 4.15. The highest BCUT2D eigenvalue weighted by molar-refractivity contribution is 5.50. The average molecular weight is 217 g/mol. The summed E-state index contributed by atoms with van der Waals surface area (Å²) in [6.45, 7) is 5.02. The van der Waals surface area contributed by atoms with Crippen LogP contribution in [0.1, 0.15) is 12.6 Å². The SMILES string of the molecule is CC1CN(C)CCN1c1nccnc1C#N. The highest BCUT2D eigenvalue weighted by Gasteiger charge is 2.24. The zero-order valence-electron chi connectivity index (χ0n) is 9.59. The second kappa shape index (κ2) is 4.45. The summed E-state index contributed by atoms with van der Waals surface area (Å²) in [4.78, 5) is 12.8. The quantitative estimate of drug-likeness (QED) is 0.685. The third-order valence-corrected chi connectivity index (χ3v) is 2.89. The lowest BCUT2D eigenvalue weighted by atomic mass is 10.2. The topological polar surface area (TPSA) is 56.1 Å². The van der Waals surface area contributed by atoms with Crippen LogP contribution in [0.5, 0.6) is 0 Å². The Morgan fingerprint density at radius 2 is 2.12 bits per heavy atom. The van der Waals surface area contributed by atoms with Crippen LogP contribution in [0.25, 0.3) is 0 Å². The average Bonchev–Trinajstić information content (AvgIpc) is 2.29. The largest absolute Gasteiger partial charge is 0.349 e. The molecule has 1 unspecified atom stereocenters. The summed E-state index contributed by atoms with van der Waals surface area (Å²) in [5, 5.41) is 9.00. The van der Waals surface area contributed by atoms with Gasteiger partial charge in [0.1, 0.15) is 6.07 Å². The first kappa shape index (κ1) is 10.8. The molecule has 0 saturated carbocycles. The van der Waals surface area contributed by atoms with Gasteiger partial charge in [-0.1, -0.05) is 0 Å². The van der Waals surface area contributed by atoms with Crippen molar-refractivity contribution in [2.75, 3.05) is 31.6 Å². The van der Waals surface area contributed by atoms with Crippen molar-refractivity contribution in [1.82, 2.24) is 14.9 Å². The number of anilines is 1. The van der Waals surface area contributed by atoms with Crippen LogP contribution in [-0.4, -0.2) is 47.6 Å². The molecule has 0 N–H and O–H groups in total. The van der Waals surface area contributed by atoms with E-state index in [9.17, 15) is 0 Å². The molecule has 0 aromatic carbocycles. The summed E-state index contributed by atoms with van der Waals surface area (Å²) in [6, 6.07) is 2.46. The Labute approximate surface area is 95.3 Å². The van der Waals surface area contributed by atoms with E-state index in [-0.39, 0.29) is 0 Å². The van der Waals surface area contributed by atoms with Gasteiger partial charge in [0.15, 0.2) is 11.5 Å². The molecule has 0 aliphatic carbocycles. The van der Waals surface area contributed by atoms with Gasteiger partial charge >= 0.3 is 0 Å². The molecular weight excluding hydrogens is 202 g/mol. The molecular formula is C11H15N5. The van der Waals surface area contributed by atoms with Crippen molar-refractivity contribution in [1.29, 1.82) is 5.26 Å². The van der Waals surface area contributed by atoms with Crippen LogP contribution in [0.3, 0.4) is 0 Å². The van der Waals surface area contributed by atoms with E-state index in [2.05, 4.69) is 39.8 Å². The number of rotatable bonds is 1. The monoisotopic (exact) mass is 217 g/mol. The van der Waals surface area contributed by atoms with E-state index in [1.165, 1.54) is 0 Å². The minimum Gasteiger partial charge on any atom is -0.349 e. The van der Waals surface area contributed by atoms with Crippen LogP contribution in [0, 0.1) is 11.3 Å². The lowest BCUT2D eigenvalue weighted by Gasteiger charge is -2.38. The predicted octanol–water partition coefficient (Wildman–Crippen LogP) is 0.489. The van der Waals surface area contributed by atoms with Crippen molar-refractivity contribution in [2.24, 2.45) is 0 Å². The predicted molar refractivity (Wildman–Crippen MR) is 61.1 cm³/mol. The first-order valence-corrected chi connectivity index (χ1v) is 5.38. The van der Waals surface area contributed by atoms with E-state index < -0.39 is 0 Å². The van der Waals surface area contributed by atoms with Gasteiger partial charge in [-0.3, -0.25) is 0 Å². The van der Waals surface area contributed by atoms with E-state index in [1.54, 1.807) is 12.4 Å². The lowest BCUT2D eigenvalue weighted by molar-refractivity contribution is 0.274. The van der Waals surface area contributed by atoms with Crippen LogP contribution in [-0.2, 0) is 0 Å². The number of hydrogen-bond acceptors (Lipinski definition) is 5. The molecule has 0 bridgehead atoms. The van der Waals surface area contributed by atoms with E-state index in [1.807, 2.05) is 0 Å². The van der Waals surface area contributed by atoms with Crippen molar-refractivity contribution in [3.63, 3.8) is 0 Å². The van der Waals surface area contributed by atoms with Crippen molar-refractivity contribution in [2.45, 2.75) is 13.0 Å². The zero-order chi connectivity index (χ0) is 11.5. The molecule has 2 rings (SSSR count). The first-order chi connectivity index (χ1) is 7.72. The summed E-state index contributed by atoms with van der Waals surface area (Å²) in [5.74, 6) is 0.714. The first-order valence-electron chi connectivity index (χ1n) is 5.38. The minimum atomic E-state index is 0.363. The maximum atomic E-state index is 9.00. The third-order valence-electron chi connectivity index (χ3n) is 2.89. The molecule has 5 heteroatoms. The third kappa shape index (κ3) is 1.97. The molecule has 1 aromatic heterocycles. The molecule has 0 radical (unpaired) electrons. The highest BCUT2D eigenvalue weighted by Crippen LogP contribution is 2.19. The molecule has 1 aliphatic rings. The fourth-order valence-electron chi connectivity index (χ4n) is 2.07. The molecule has 1 saturated heterocycles. The molecule has 0 spiro atoms. The van der Waals surface area contributed by atoms with Gasteiger partial charge in [0.05, 0.1) is 0 Å². The Kier molecular flexibility index (Phi) is 3.02. The number of hydrogen-bond donors (Lipinski definition) is 0. The lowest BCUT2D eigenvalue weighted by Crippen LogP contribution is -2.51. The minimum absolute atomic E-state index is 0.363. The number of likely N-dealkylation sites (N-methyl/N-ethyl adjacent to an activating group) is 1. The van der Waals surface area contributed by atoms with E-state index >= 15 is 0 Å². The smallest absolute Gasteiger partial charge is 0.183 e. The van der Waals surface area contributed by atoms with Gasteiger partial charge in [-0.25, -0.2) is 9.97 Å². The van der Waals surface area contributed by atoms with Gasteiger partial charge in [0.25, 0.3) is 0 Å². The second-order valence-corrected chi connectivity index (χ2v) is 4.15. The van der Waals surface area contributed by atoms with Gasteiger partial charge in [0, 0.05) is 38.1 Å². The number of nitrogens with zero attached hydrogens (tertiary/aromatic N) is 5. The summed E-state index contributed by atoms with van der Waals surface area (Å²) in [7, 11) is 2.11. The van der Waals surface area contributed by atoms with Crippen molar-refractivity contribution >= 4 is 5.82 Å². The van der Waals surface area contributed by atoms with Crippen LogP contribution >= 0.6 is 0 Å². The summed E-state index contributed by atoms with van der Waals surface area (Å²) in [5.41, 5.74) is 0.416. The summed E-state index contributed by atoms with van der Waals surface area (Å²) in [6.07, 6.45) is 3.20. The fraction of sp³-hybridized carbons (Fsp3) is 0.545. The van der Waals surface area contributed by atoms with Gasteiger partial charge in [-0.15, -0.1) is 0 Å². The van der Waals surface area contributed by atoms with E-state index in [0.29, 0.717) is 17.6 Å². The maximum Gasteiger partial charge on any atom is 0.183 e. The Bertz CT molecular complexity index is 411. The van der Waals surface area contributed by atoms with Gasteiger partial charge in [0.2, 0.25) is 0 Å². The Balaban J connectivity index is 2.27. The van der Waals surface area contributed by atoms with E-state index in [0.717, 1.165) is 19.6 Å². The van der Waals surface area contributed by atoms with Crippen LogP contribution in [0.15, 0.2) is 12.4 Å². The Morgan fingerprint density at radius 1 is 1.38 bits per heavy atom. The van der Waals surface area contributed by atoms with Crippen molar-refractivity contribution in [3.05, 3.63) is 18.1 Å². The highest BCUT2D eigenvalue weighted by atomic mass is 15.3. The van der Waals surface area contributed by atoms with Crippen molar-refractivity contribution in [3.8, 4) is 6.07 Å². The zero-order valence-corrected chi connectivity index (χ0v) is 9.59. The molecule has 1 aromatic rings. The molecule has 1 fully saturated rings. The standard InChI is InChI=1S/C11H15N5/c1-9-8-15(2)5-6-16(9)11-10(7-12)13-3-4-14-11/h3-4,9H,5-6,8H2,1-2H3. The number of aromatic nitrogens is 2. The fourth-order valence-corrected chi connectivity index (χ4v) is 2.07. The molecule has 0 amide bonds. The van der Waals surface area contributed by atoms with E-state index in [4.69, 9.17) is 5.26 Å². The molecule has 84 valence electrons. The molecule has 5 nitrogen and oxygen atoms in total. The van der Waals surface area contributed by atoms with Gasteiger partial charge in [-0.05, 0) is 14.0 Å². The molecule has 2 heterocycles. The van der Waals surface area contributed by atoms with Gasteiger partial charge in [-0.2, -0.15) is 5.26 Å². The molecule has 1 atom stereocenters. The normalized spacial score (nSPS) is 21.8. The van der Waals surface area contributed by atoms with Gasteiger partial charge < -0.3 is 9.80 Å². The Hall–Kier alpha value is -1.67. The number of nitriles is 1. The summed E-state index contributed by atoms with van der Waals surface area (Å²) < 4.78 is 0. The van der Waals surface area contributed by atoms with Crippen LogP contribution in [0.2, 0.25) is 0 Å².